The molecule has 1 amide bonds. The number of carbonyl (C=O) groups is 1. The first-order valence-electron chi connectivity index (χ1n) is 8.26. The van der Waals surface area contributed by atoms with E-state index < -0.39 is 5.54 Å². The first-order valence-corrected chi connectivity index (χ1v) is 8.26. The fourth-order valence-corrected chi connectivity index (χ4v) is 3.74. The van der Waals surface area contributed by atoms with Gasteiger partial charge in [-0.25, -0.2) is 4.98 Å². The van der Waals surface area contributed by atoms with Crippen LogP contribution in [0.25, 0.3) is 0 Å². The average Bonchev–Trinajstić information content (AvgIpc) is 2.99. The molecular weight excluding hydrogens is 290 g/mol. The van der Waals surface area contributed by atoms with Crippen molar-refractivity contribution in [2.24, 2.45) is 0 Å². The minimum absolute atomic E-state index is 0.232. The minimum atomic E-state index is -0.464. The zero-order valence-corrected chi connectivity index (χ0v) is 14.0. The summed E-state index contributed by atoms with van der Waals surface area (Å²) in [5.74, 6) is 1.09. The summed E-state index contributed by atoms with van der Waals surface area (Å²) in [5, 5.41) is 0. The monoisotopic (exact) mass is 315 g/mol. The van der Waals surface area contributed by atoms with Crippen molar-refractivity contribution in [2.45, 2.75) is 31.8 Å². The van der Waals surface area contributed by atoms with Crippen LogP contribution in [0.4, 0.5) is 5.82 Å². The van der Waals surface area contributed by atoms with Crippen LogP contribution in [-0.2, 0) is 4.79 Å². The van der Waals surface area contributed by atoms with Crippen molar-refractivity contribution >= 4 is 11.7 Å². The van der Waals surface area contributed by atoms with Crippen LogP contribution in [0.5, 0.6) is 0 Å². The predicted octanol–water partition coefficient (Wildman–Crippen LogP) is 1.16. The summed E-state index contributed by atoms with van der Waals surface area (Å²) < 4.78 is 0. The summed E-state index contributed by atoms with van der Waals surface area (Å²) in [6, 6.07) is 0.232. The van der Waals surface area contributed by atoms with Crippen molar-refractivity contribution in [3.63, 3.8) is 0 Å². The van der Waals surface area contributed by atoms with E-state index in [2.05, 4.69) is 40.2 Å². The Morgan fingerprint density at radius 2 is 2.17 bits per heavy atom. The summed E-state index contributed by atoms with van der Waals surface area (Å²) in [7, 11) is 0. The molecule has 23 heavy (non-hydrogen) atoms. The fourth-order valence-electron chi connectivity index (χ4n) is 3.74. The van der Waals surface area contributed by atoms with Crippen molar-refractivity contribution in [2.75, 3.05) is 37.6 Å². The van der Waals surface area contributed by atoms with E-state index in [9.17, 15) is 4.79 Å². The molecule has 0 bridgehead atoms. The van der Waals surface area contributed by atoms with E-state index in [0.717, 1.165) is 38.4 Å². The topological polar surface area (TPSA) is 52.6 Å². The third kappa shape index (κ3) is 2.72. The molecule has 2 aliphatic heterocycles. The summed E-state index contributed by atoms with van der Waals surface area (Å²) in [4.78, 5) is 28.3. The lowest BCUT2D eigenvalue weighted by Gasteiger charge is -2.48. The Kier molecular flexibility index (Phi) is 4.35. The molecule has 6 nitrogen and oxygen atoms in total. The van der Waals surface area contributed by atoms with Gasteiger partial charge in [0.2, 0.25) is 5.91 Å². The molecule has 6 heteroatoms. The van der Waals surface area contributed by atoms with Gasteiger partial charge in [-0.15, -0.1) is 6.58 Å². The number of hydrogen-bond donors (Lipinski definition) is 0. The Balaban J connectivity index is 1.89. The first kappa shape index (κ1) is 15.9. The number of nitrogens with zero attached hydrogens (tertiary/aromatic N) is 5. The van der Waals surface area contributed by atoms with E-state index in [0.29, 0.717) is 6.54 Å². The molecule has 1 spiro atoms. The van der Waals surface area contributed by atoms with Gasteiger partial charge in [-0.3, -0.25) is 14.7 Å². The lowest BCUT2D eigenvalue weighted by molar-refractivity contribution is -0.151. The lowest BCUT2D eigenvalue weighted by atomic mass is 9.90. The minimum Gasteiger partial charge on any atom is -0.353 e. The van der Waals surface area contributed by atoms with Crippen molar-refractivity contribution in [1.82, 2.24) is 19.8 Å². The van der Waals surface area contributed by atoms with Crippen LogP contribution < -0.4 is 4.90 Å². The predicted molar refractivity (Wildman–Crippen MR) is 90.2 cm³/mol. The molecular formula is C17H25N5O. The largest absolute Gasteiger partial charge is 0.353 e. The van der Waals surface area contributed by atoms with E-state index in [-0.39, 0.29) is 11.9 Å². The van der Waals surface area contributed by atoms with Gasteiger partial charge in [0, 0.05) is 51.2 Å². The number of hydrogen-bond acceptors (Lipinski definition) is 5. The zero-order chi connectivity index (χ0) is 16.4. The molecule has 0 saturated carbocycles. The molecule has 1 aromatic heterocycles. The number of rotatable bonds is 4. The molecule has 2 fully saturated rings. The maximum absolute atomic E-state index is 13.2. The van der Waals surface area contributed by atoms with E-state index in [1.807, 2.05) is 11.0 Å². The van der Waals surface area contributed by atoms with Gasteiger partial charge in [0.15, 0.2) is 0 Å². The highest BCUT2D eigenvalue weighted by atomic mass is 16.2. The highest BCUT2D eigenvalue weighted by Crippen LogP contribution is 2.35. The molecule has 2 aliphatic rings. The molecule has 2 saturated heterocycles. The van der Waals surface area contributed by atoms with Crippen LogP contribution in [0.2, 0.25) is 0 Å². The Labute approximate surface area is 137 Å². The van der Waals surface area contributed by atoms with Crippen molar-refractivity contribution < 1.29 is 4.79 Å². The number of carbonyl (C=O) groups excluding carboxylic acids is 1. The maximum Gasteiger partial charge on any atom is 0.245 e. The quantitative estimate of drug-likeness (QED) is 0.781. The summed E-state index contributed by atoms with van der Waals surface area (Å²) >= 11 is 0. The van der Waals surface area contributed by atoms with Gasteiger partial charge in [0.1, 0.15) is 11.4 Å². The smallest absolute Gasteiger partial charge is 0.245 e. The highest BCUT2D eigenvalue weighted by Gasteiger charge is 2.53. The maximum atomic E-state index is 13.2. The summed E-state index contributed by atoms with van der Waals surface area (Å²) in [6.07, 6.45) is 7.85. The van der Waals surface area contributed by atoms with Crippen molar-refractivity contribution in [3.05, 3.63) is 31.2 Å². The second-order valence-corrected chi connectivity index (χ2v) is 6.59. The van der Waals surface area contributed by atoms with Gasteiger partial charge in [-0.05, 0) is 20.3 Å². The van der Waals surface area contributed by atoms with Gasteiger partial charge >= 0.3 is 0 Å². The van der Waals surface area contributed by atoms with Crippen LogP contribution in [0, 0.1) is 0 Å². The molecule has 3 rings (SSSR count). The molecule has 3 heterocycles. The lowest BCUT2D eigenvalue weighted by Crippen LogP contribution is -2.68. The summed E-state index contributed by atoms with van der Waals surface area (Å²) in [6.45, 7) is 12.0. The highest BCUT2D eigenvalue weighted by molar-refractivity contribution is 5.89. The normalized spacial score (nSPS) is 25.6. The van der Waals surface area contributed by atoms with Crippen LogP contribution >= 0.6 is 0 Å². The molecule has 0 unspecified atom stereocenters. The second kappa shape index (κ2) is 6.28. The standard InChI is InChI=1S/C17H25N5O/c1-4-8-21-10-11-22(14(2)3)16(23)17(21)5-9-20(13-17)15-12-18-6-7-19-15/h4,6-7,12,14H,1,5,8-11,13H2,2-3H3/t17-/m0/s1. The van der Waals surface area contributed by atoms with Crippen LogP contribution in [0.15, 0.2) is 31.2 Å². The van der Waals surface area contributed by atoms with Crippen LogP contribution in [0.1, 0.15) is 20.3 Å². The van der Waals surface area contributed by atoms with Crippen LogP contribution in [0.3, 0.4) is 0 Å². The van der Waals surface area contributed by atoms with E-state index in [1.54, 1.807) is 18.6 Å². The third-order valence-electron chi connectivity index (χ3n) is 4.97. The van der Waals surface area contributed by atoms with E-state index >= 15 is 0 Å². The molecule has 0 aromatic carbocycles. The Morgan fingerprint density at radius 3 is 2.83 bits per heavy atom. The number of piperazine rings is 1. The van der Waals surface area contributed by atoms with Crippen LogP contribution in [-0.4, -0.2) is 70.0 Å². The molecule has 0 aliphatic carbocycles. The summed E-state index contributed by atoms with van der Waals surface area (Å²) in [5.41, 5.74) is -0.464. The van der Waals surface area contributed by atoms with E-state index in [4.69, 9.17) is 0 Å². The molecule has 0 N–H and O–H groups in total. The number of anilines is 1. The number of aromatic nitrogens is 2. The van der Waals surface area contributed by atoms with E-state index in [1.165, 1.54) is 0 Å². The molecule has 1 aromatic rings. The zero-order valence-electron chi connectivity index (χ0n) is 14.0. The average molecular weight is 315 g/mol. The molecule has 124 valence electrons. The van der Waals surface area contributed by atoms with Gasteiger partial charge in [-0.2, -0.15) is 0 Å². The van der Waals surface area contributed by atoms with Gasteiger partial charge < -0.3 is 9.80 Å². The van der Waals surface area contributed by atoms with Gasteiger partial charge in [0.05, 0.1) is 6.20 Å². The van der Waals surface area contributed by atoms with Gasteiger partial charge in [-0.1, -0.05) is 6.08 Å². The van der Waals surface area contributed by atoms with Crippen molar-refractivity contribution in [1.29, 1.82) is 0 Å². The number of amides is 1. The Hall–Kier alpha value is -1.95. The second-order valence-electron chi connectivity index (χ2n) is 6.59. The molecule has 0 radical (unpaired) electrons. The first-order chi connectivity index (χ1) is 11.1. The SMILES string of the molecule is C=CCN1CCN(C(C)C)C(=O)[C@@]12CCN(c1cnccn1)C2. The van der Waals surface area contributed by atoms with Gasteiger partial charge in [0.25, 0.3) is 0 Å². The third-order valence-corrected chi connectivity index (χ3v) is 4.97. The Bertz CT molecular complexity index is 576. The Morgan fingerprint density at radius 1 is 1.35 bits per heavy atom. The fraction of sp³-hybridized carbons (Fsp3) is 0.588. The molecule has 1 atom stereocenters. The van der Waals surface area contributed by atoms with Crippen molar-refractivity contribution in [3.8, 4) is 0 Å².